The fraction of sp³-hybridized carbons (Fsp3) is 0.500. The molecule has 0 amide bonds. The van der Waals surface area contributed by atoms with Crippen LogP contribution in [0.25, 0.3) is 0 Å². The van der Waals surface area contributed by atoms with Crippen molar-refractivity contribution in [3.8, 4) is 0 Å². The van der Waals surface area contributed by atoms with Crippen molar-refractivity contribution >= 4 is 0 Å². The molecule has 0 bridgehead atoms. The number of nitrogens with zero attached hydrogens (tertiary/aromatic N) is 2. The van der Waals surface area contributed by atoms with Crippen molar-refractivity contribution in [2.24, 2.45) is 7.05 Å². The number of aromatic nitrogens is 2. The third kappa shape index (κ3) is 3.53. The standard InChI is InChI=1S/C18H27N3/c1-6-10-19-18(15-11-13(3)8-9-14(15)4)16-12-21(5)20-17(16)7-2/h8-9,11-12,18-19H,6-7,10H2,1-5H3. The van der Waals surface area contributed by atoms with Gasteiger partial charge in [-0.3, -0.25) is 4.68 Å². The number of hydrogen-bond donors (Lipinski definition) is 1. The molecule has 1 aromatic heterocycles. The number of rotatable bonds is 6. The Morgan fingerprint density at radius 3 is 2.62 bits per heavy atom. The van der Waals surface area contributed by atoms with E-state index >= 15 is 0 Å². The van der Waals surface area contributed by atoms with E-state index in [1.807, 2.05) is 11.7 Å². The highest BCUT2D eigenvalue weighted by atomic mass is 15.3. The summed E-state index contributed by atoms with van der Waals surface area (Å²) in [4.78, 5) is 0. The molecule has 0 fully saturated rings. The van der Waals surface area contributed by atoms with E-state index in [1.165, 1.54) is 27.9 Å². The fourth-order valence-corrected chi connectivity index (χ4v) is 2.82. The van der Waals surface area contributed by atoms with Crippen LogP contribution in [-0.4, -0.2) is 16.3 Å². The van der Waals surface area contributed by atoms with Crippen LogP contribution in [0.1, 0.15) is 54.3 Å². The van der Waals surface area contributed by atoms with Crippen molar-refractivity contribution in [3.05, 3.63) is 52.3 Å². The Morgan fingerprint density at radius 2 is 1.95 bits per heavy atom. The first kappa shape index (κ1) is 15.8. The van der Waals surface area contributed by atoms with E-state index in [-0.39, 0.29) is 6.04 Å². The van der Waals surface area contributed by atoms with E-state index in [9.17, 15) is 0 Å². The molecule has 0 aliphatic carbocycles. The zero-order chi connectivity index (χ0) is 15.4. The van der Waals surface area contributed by atoms with Gasteiger partial charge in [-0.15, -0.1) is 0 Å². The van der Waals surface area contributed by atoms with Gasteiger partial charge in [-0.2, -0.15) is 5.10 Å². The molecule has 2 rings (SSSR count). The largest absolute Gasteiger partial charge is 0.306 e. The van der Waals surface area contributed by atoms with Crippen LogP contribution in [0.15, 0.2) is 24.4 Å². The van der Waals surface area contributed by atoms with Gasteiger partial charge in [-0.05, 0) is 44.4 Å². The third-order valence-corrected chi connectivity index (χ3v) is 3.93. The molecule has 0 aliphatic rings. The van der Waals surface area contributed by atoms with Gasteiger partial charge < -0.3 is 5.32 Å². The Balaban J connectivity index is 2.49. The van der Waals surface area contributed by atoms with Crippen LogP contribution in [-0.2, 0) is 13.5 Å². The molecule has 1 unspecified atom stereocenters. The molecule has 0 aliphatic heterocycles. The summed E-state index contributed by atoms with van der Waals surface area (Å²) >= 11 is 0. The first-order valence-electron chi connectivity index (χ1n) is 7.89. The lowest BCUT2D eigenvalue weighted by Crippen LogP contribution is -2.24. The molecule has 114 valence electrons. The van der Waals surface area contributed by atoms with Gasteiger partial charge in [0.1, 0.15) is 0 Å². The highest BCUT2D eigenvalue weighted by Crippen LogP contribution is 2.28. The van der Waals surface area contributed by atoms with Gasteiger partial charge in [0.2, 0.25) is 0 Å². The topological polar surface area (TPSA) is 29.9 Å². The molecule has 0 saturated carbocycles. The van der Waals surface area contributed by atoms with Crippen molar-refractivity contribution in [1.29, 1.82) is 0 Å². The molecular formula is C18H27N3. The molecule has 1 aromatic carbocycles. The first-order chi connectivity index (χ1) is 10.1. The molecule has 2 aromatic rings. The second-order valence-corrected chi connectivity index (χ2v) is 5.81. The van der Waals surface area contributed by atoms with Crippen molar-refractivity contribution in [3.63, 3.8) is 0 Å². The van der Waals surface area contributed by atoms with Gasteiger partial charge in [-0.25, -0.2) is 0 Å². The van der Waals surface area contributed by atoms with E-state index in [1.54, 1.807) is 0 Å². The Labute approximate surface area is 128 Å². The highest BCUT2D eigenvalue weighted by molar-refractivity contribution is 5.40. The lowest BCUT2D eigenvalue weighted by atomic mass is 9.93. The van der Waals surface area contributed by atoms with Crippen LogP contribution in [0, 0.1) is 13.8 Å². The number of benzene rings is 1. The van der Waals surface area contributed by atoms with Crippen LogP contribution < -0.4 is 5.32 Å². The van der Waals surface area contributed by atoms with Crippen molar-refractivity contribution in [1.82, 2.24) is 15.1 Å². The van der Waals surface area contributed by atoms with Gasteiger partial charge in [-0.1, -0.05) is 37.6 Å². The number of hydrogen-bond acceptors (Lipinski definition) is 2. The van der Waals surface area contributed by atoms with E-state index in [2.05, 4.69) is 62.5 Å². The second-order valence-electron chi connectivity index (χ2n) is 5.81. The molecule has 0 radical (unpaired) electrons. The zero-order valence-electron chi connectivity index (χ0n) is 13.9. The van der Waals surface area contributed by atoms with Crippen molar-refractivity contribution in [2.75, 3.05) is 6.54 Å². The van der Waals surface area contributed by atoms with Crippen LogP contribution in [0.3, 0.4) is 0 Å². The molecule has 0 saturated heterocycles. The minimum absolute atomic E-state index is 0.230. The van der Waals surface area contributed by atoms with E-state index in [4.69, 9.17) is 0 Å². The lowest BCUT2D eigenvalue weighted by molar-refractivity contribution is 0.592. The average Bonchev–Trinajstić information content (AvgIpc) is 2.84. The Kier molecular flexibility index (Phi) is 5.18. The minimum atomic E-state index is 0.230. The Bertz CT molecular complexity index is 599. The maximum absolute atomic E-state index is 4.61. The van der Waals surface area contributed by atoms with Gasteiger partial charge in [0.05, 0.1) is 11.7 Å². The summed E-state index contributed by atoms with van der Waals surface area (Å²) in [6.07, 6.45) is 4.25. The predicted octanol–water partition coefficient (Wildman–Crippen LogP) is 3.69. The van der Waals surface area contributed by atoms with Gasteiger partial charge in [0, 0.05) is 18.8 Å². The van der Waals surface area contributed by atoms with Gasteiger partial charge >= 0.3 is 0 Å². The third-order valence-electron chi connectivity index (χ3n) is 3.93. The SMILES string of the molecule is CCCNC(c1cc(C)ccc1C)c1cn(C)nc1CC. The molecule has 3 nitrogen and oxygen atoms in total. The molecule has 3 heteroatoms. The molecule has 0 spiro atoms. The van der Waals surface area contributed by atoms with Crippen LogP contribution in [0.5, 0.6) is 0 Å². The van der Waals surface area contributed by atoms with Crippen LogP contribution >= 0.6 is 0 Å². The summed E-state index contributed by atoms with van der Waals surface area (Å²) < 4.78 is 1.93. The van der Waals surface area contributed by atoms with Crippen LogP contribution in [0.2, 0.25) is 0 Å². The molecular weight excluding hydrogens is 258 g/mol. The summed E-state index contributed by atoms with van der Waals surface area (Å²) in [5.74, 6) is 0. The minimum Gasteiger partial charge on any atom is -0.306 e. The second kappa shape index (κ2) is 6.90. The Hall–Kier alpha value is -1.61. The number of aryl methyl sites for hydroxylation is 4. The highest BCUT2D eigenvalue weighted by Gasteiger charge is 2.20. The van der Waals surface area contributed by atoms with E-state index < -0.39 is 0 Å². The van der Waals surface area contributed by atoms with Crippen molar-refractivity contribution < 1.29 is 0 Å². The zero-order valence-corrected chi connectivity index (χ0v) is 13.9. The summed E-state index contributed by atoms with van der Waals surface area (Å²) in [6, 6.07) is 6.93. The lowest BCUT2D eigenvalue weighted by Gasteiger charge is -2.21. The van der Waals surface area contributed by atoms with Crippen LogP contribution in [0.4, 0.5) is 0 Å². The smallest absolute Gasteiger partial charge is 0.0673 e. The van der Waals surface area contributed by atoms with Gasteiger partial charge in [0.25, 0.3) is 0 Å². The predicted molar refractivity (Wildman–Crippen MR) is 88.6 cm³/mol. The average molecular weight is 285 g/mol. The molecule has 21 heavy (non-hydrogen) atoms. The summed E-state index contributed by atoms with van der Waals surface area (Å²) in [6.45, 7) is 9.74. The van der Waals surface area contributed by atoms with E-state index in [0.717, 1.165) is 19.4 Å². The maximum atomic E-state index is 4.61. The molecule has 1 atom stereocenters. The van der Waals surface area contributed by atoms with Gasteiger partial charge in [0.15, 0.2) is 0 Å². The summed E-state index contributed by atoms with van der Waals surface area (Å²) in [5, 5.41) is 8.32. The quantitative estimate of drug-likeness (QED) is 0.877. The summed E-state index contributed by atoms with van der Waals surface area (Å²) in [7, 11) is 2.00. The monoisotopic (exact) mass is 285 g/mol. The van der Waals surface area contributed by atoms with E-state index in [0.29, 0.717) is 0 Å². The molecule has 1 N–H and O–H groups in total. The fourth-order valence-electron chi connectivity index (χ4n) is 2.82. The molecule has 1 heterocycles. The summed E-state index contributed by atoms with van der Waals surface area (Å²) in [5.41, 5.74) is 6.50. The maximum Gasteiger partial charge on any atom is 0.0673 e. The Morgan fingerprint density at radius 1 is 1.19 bits per heavy atom. The first-order valence-corrected chi connectivity index (χ1v) is 7.89. The number of nitrogens with one attached hydrogen (secondary N) is 1. The van der Waals surface area contributed by atoms with Crippen molar-refractivity contribution in [2.45, 2.75) is 46.6 Å². The normalized spacial score (nSPS) is 12.6.